The largest absolute Gasteiger partial charge is 0.376 e. The lowest BCUT2D eigenvalue weighted by atomic mass is 10.1. The third kappa shape index (κ3) is 4.90. The molecule has 1 atom stereocenters. The van der Waals surface area contributed by atoms with Gasteiger partial charge >= 0.3 is 0 Å². The van der Waals surface area contributed by atoms with Crippen molar-refractivity contribution in [2.24, 2.45) is 0 Å². The molecule has 1 N–H and O–H groups in total. The van der Waals surface area contributed by atoms with Crippen molar-refractivity contribution in [3.8, 4) is 11.3 Å². The third-order valence-corrected chi connectivity index (χ3v) is 4.36. The minimum absolute atomic E-state index is 0.109. The fourth-order valence-electron chi connectivity index (χ4n) is 2.71. The van der Waals surface area contributed by atoms with E-state index >= 15 is 0 Å². The van der Waals surface area contributed by atoms with Crippen LogP contribution in [0.3, 0.4) is 0 Å². The highest BCUT2D eigenvalue weighted by molar-refractivity contribution is 6.30. The second kappa shape index (κ2) is 8.27. The number of benzene rings is 1. The van der Waals surface area contributed by atoms with Gasteiger partial charge in [-0.15, -0.1) is 0 Å². The number of hydrogen-bond acceptors (Lipinski definition) is 4. The molecule has 1 saturated heterocycles. The van der Waals surface area contributed by atoms with E-state index in [2.05, 4.69) is 10.4 Å². The van der Waals surface area contributed by atoms with Gasteiger partial charge < -0.3 is 10.1 Å². The van der Waals surface area contributed by atoms with Crippen molar-refractivity contribution in [2.45, 2.75) is 31.9 Å². The van der Waals surface area contributed by atoms with Crippen LogP contribution in [0.2, 0.25) is 5.02 Å². The standard InChI is InChI=1S/C18H20ClN3O3/c19-14-5-3-13(4-6-14)16-7-8-18(24)22(21-16)10-9-17(23)20-12-15-2-1-11-25-15/h3-8,15H,1-2,9-12H2,(H,20,23)/t15-/m1/s1. The summed E-state index contributed by atoms with van der Waals surface area (Å²) >= 11 is 5.89. The maximum absolute atomic E-state index is 12.0. The van der Waals surface area contributed by atoms with Crippen molar-refractivity contribution < 1.29 is 9.53 Å². The van der Waals surface area contributed by atoms with E-state index in [4.69, 9.17) is 16.3 Å². The predicted molar refractivity (Wildman–Crippen MR) is 95.5 cm³/mol. The maximum atomic E-state index is 12.0. The van der Waals surface area contributed by atoms with Gasteiger partial charge in [0, 0.05) is 36.2 Å². The van der Waals surface area contributed by atoms with Gasteiger partial charge in [0.1, 0.15) is 0 Å². The number of nitrogens with zero attached hydrogens (tertiary/aromatic N) is 2. The molecule has 0 spiro atoms. The van der Waals surface area contributed by atoms with Crippen molar-refractivity contribution in [2.75, 3.05) is 13.2 Å². The zero-order valence-electron chi connectivity index (χ0n) is 13.8. The molecule has 0 aliphatic carbocycles. The van der Waals surface area contributed by atoms with Gasteiger partial charge in [-0.1, -0.05) is 23.7 Å². The van der Waals surface area contributed by atoms with Crippen molar-refractivity contribution in [3.63, 3.8) is 0 Å². The van der Waals surface area contributed by atoms with Crippen LogP contribution < -0.4 is 10.9 Å². The molecule has 0 unspecified atom stereocenters. The van der Waals surface area contributed by atoms with Crippen LogP contribution in [-0.4, -0.2) is 34.9 Å². The Morgan fingerprint density at radius 2 is 2.08 bits per heavy atom. The average molecular weight is 362 g/mol. The fourth-order valence-corrected chi connectivity index (χ4v) is 2.84. The van der Waals surface area contributed by atoms with Gasteiger partial charge in [-0.05, 0) is 31.0 Å². The summed E-state index contributed by atoms with van der Waals surface area (Å²) in [4.78, 5) is 23.9. The quantitative estimate of drug-likeness (QED) is 0.856. The minimum Gasteiger partial charge on any atom is -0.376 e. The van der Waals surface area contributed by atoms with Crippen molar-refractivity contribution in [1.82, 2.24) is 15.1 Å². The average Bonchev–Trinajstić information content (AvgIpc) is 3.13. The zero-order chi connectivity index (χ0) is 17.6. The SMILES string of the molecule is O=C(CCn1nc(-c2ccc(Cl)cc2)ccc1=O)NC[C@H]1CCCO1. The first kappa shape index (κ1) is 17.6. The zero-order valence-corrected chi connectivity index (χ0v) is 14.5. The van der Waals surface area contributed by atoms with Crippen molar-refractivity contribution >= 4 is 17.5 Å². The molecule has 132 valence electrons. The third-order valence-electron chi connectivity index (χ3n) is 4.11. The monoisotopic (exact) mass is 361 g/mol. The number of amides is 1. The summed E-state index contributed by atoms with van der Waals surface area (Å²) in [6, 6.07) is 10.3. The molecule has 1 fully saturated rings. The molecular weight excluding hydrogens is 342 g/mol. The summed E-state index contributed by atoms with van der Waals surface area (Å²) in [5, 5.41) is 7.82. The number of halogens is 1. The van der Waals surface area contributed by atoms with Crippen LogP contribution in [0.4, 0.5) is 0 Å². The van der Waals surface area contributed by atoms with E-state index in [9.17, 15) is 9.59 Å². The Bertz CT molecular complexity index is 783. The second-order valence-corrected chi connectivity index (χ2v) is 6.41. The van der Waals surface area contributed by atoms with Crippen molar-refractivity contribution in [1.29, 1.82) is 0 Å². The molecule has 0 radical (unpaired) electrons. The van der Waals surface area contributed by atoms with Crippen LogP contribution >= 0.6 is 11.6 Å². The maximum Gasteiger partial charge on any atom is 0.266 e. The van der Waals surface area contributed by atoms with E-state index in [1.165, 1.54) is 10.7 Å². The smallest absolute Gasteiger partial charge is 0.266 e. The van der Waals surface area contributed by atoms with Crippen LogP contribution in [0.5, 0.6) is 0 Å². The van der Waals surface area contributed by atoms with E-state index in [0.717, 1.165) is 25.0 Å². The second-order valence-electron chi connectivity index (χ2n) is 5.98. The van der Waals surface area contributed by atoms with Crippen LogP contribution in [0.15, 0.2) is 41.2 Å². The molecule has 1 aromatic heterocycles. The summed E-state index contributed by atoms with van der Waals surface area (Å²) in [5.74, 6) is -0.110. The van der Waals surface area contributed by atoms with Crippen LogP contribution in [-0.2, 0) is 16.1 Å². The Hall–Kier alpha value is -2.18. The Kier molecular flexibility index (Phi) is 5.83. The first-order chi connectivity index (χ1) is 12.1. The molecule has 2 aromatic rings. The van der Waals surface area contributed by atoms with E-state index in [0.29, 0.717) is 17.3 Å². The first-order valence-corrected chi connectivity index (χ1v) is 8.72. The number of aromatic nitrogens is 2. The van der Waals surface area contributed by atoms with E-state index in [-0.39, 0.29) is 30.5 Å². The van der Waals surface area contributed by atoms with E-state index in [1.807, 2.05) is 12.1 Å². The predicted octanol–water partition coefficient (Wildman–Crippen LogP) is 2.25. The number of nitrogens with one attached hydrogen (secondary N) is 1. The van der Waals surface area contributed by atoms with E-state index < -0.39 is 0 Å². The number of rotatable bonds is 6. The topological polar surface area (TPSA) is 73.2 Å². The van der Waals surface area contributed by atoms with Gasteiger partial charge in [-0.2, -0.15) is 5.10 Å². The Morgan fingerprint density at radius 3 is 2.80 bits per heavy atom. The Morgan fingerprint density at radius 1 is 1.28 bits per heavy atom. The molecule has 2 heterocycles. The number of ether oxygens (including phenoxy) is 1. The Balaban J connectivity index is 1.59. The fraction of sp³-hybridized carbons (Fsp3) is 0.389. The molecule has 1 aromatic carbocycles. The minimum atomic E-state index is -0.232. The molecule has 1 aliphatic rings. The summed E-state index contributed by atoms with van der Waals surface area (Å²) in [5.41, 5.74) is 1.29. The summed E-state index contributed by atoms with van der Waals surface area (Å²) < 4.78 is 6.78. The molecular formula is C18H20ClN3O3. The molecule has 0 saturated carbocycles. The lowest BCUT2D eigenvalue weighted by Gasteiger charge is -2.11. The Labute approximate surface area is 150 Å². The number of aryl methyl sites for hydroxylation is 1. The summed E-state index contributed by atoms with van der Waals surface area (Å²) in [6.45, 7) is 1.51. The van der Waals surface area contributed by atoms with Gasteiger partial charge in [-0.3, -0.25) is 9.59 Å². The van der Waals surface area contributed by atoms with Crippen LogP contribution in [0, 0.1) is 0 Å². The molecule has 1 amide bonds. The van der Waals surface area contributed by atoms with Gasteiger partial charge in [0.15, 0.2) is 0 Å². The van der Waals surface area contributed by atoms with Crippen LogP contribution in [0.1, 0.15) is 19.3 Å². The lowest BCUT2D eigenvalue weighted by Crippen LogP contribution is -2.33. The van der Waals surface area contributed by atoms with Gasteiger partial charge in [-0.25, -0.2) is 4.68 Å². The molecule has 1 aliphatic heterocycles. The first-order valence-electron chi connectivity index (χ1n) is 8.34. The van der Waals surface area contributed by atoms with Crippen LogP contribution in [0.25, 0.3) is 11.3 Å². The van der Waals surface area contributed by atoms with E-state index in [1.54, 1.807) is 18.2 Å². The van der Waals surface area contributed by atoms with Gasteiger partial charge in [0.05, 0.1) is 18.3 Å². The highest BCUT2D eigenvalue weighted by Gasteiger charge is 2.16. The summed E-state index contributed by atoms with van der Waals surface area (Å²) in [6.07, 6.45) is 2.32. The number of hydrogen-bond donors (Lipinski definition) is 1. The normalized spacial score (nSPS) is 16.8. The summed E-state index contributed by atoms with van der Waals surface area (Å²) in [7, 11) is 0. The molecule has 3 rings (SSSR count). The highest BCUT2D eigenvalue weighted by atomic mass is 35.5. The lowest BCUT2D eigenvalue weighted by molar-refractivity contribution is -0.121. The molecule has 25 heavy (non-hydrogen) atoms. The van der Waals surface area contributed by atoms with Gasteiger partial charge in [0.25, 0.3) is 5.56 Å². The van der Waals surface area contributed by atoms with Gasteiger partial charge in [0.2, 0.25) is 5.91 Å². The number of carbonyl (C=O) groups excluding carboxylic acids is 1. The molecule has 0 bridgehead atoms. The van der Waals surface area contributed by atoms with Crippen molar-refractivity contribution in [3.05, 3.63) is 51.8 Å². The molecule has 7 heteroatoms. The highest BCUT2D eigenvalue weighted by Crippen LogP contribution is 2.18. The molecule has 6 nitrogen and oxygen atoms in total. The number of carbonyl (C=O) groups is 1.